The summed E-state index contributed by atoms with van der Waals surface area (Å²) in [6, 6.07) is 0. The maximum Gasteiger partial charge on any atom is 0.332 e. The van der Waals surface area contributed by atoms with Gasteiger partial charge in [-0.05, 0) is 25.7 Å². The van der Waals surface area contributed by atoms with Crippen LogP contribution in [0.15, 0.2) is 0 Å². The van der Waals surface area contributed by atoms with Crippen molar-refractivity contribution in [2.75, 3.05) is 30.4 Å². The maximum absolute atomic E-state index is 11.3. The zero-order valence-corrected chi connectivity index (χ0v) is 13.5. The molecule has 0 unspecified atom stereocenters. The van der Waals surface area contributed by atoms with E-state index in [1.54, 1.807) is 6.92 Å². The summed E-state index contributed by atoms with van der Waals surface area (Å²) in [6.07, 6.45) is 1.90. The van der Waals surface area contributed by atoms with Crippen molar-refractivity contribution in [3.05, 3.63) is 15.8 Å². The number of aromatic nitrogens is 2. The molecule has 0 saturated heterocycles. The number of nitrogens with zero attached hydrogens (tertiary/aromatic N) is 4. The molecular formula is C14H25N5O2. The van der Waals surface area contributed by atoms with E-state index in [0.717, 1.165) is 25.9 Å². The van der Waals surface area contributed by atoms with Crippen LogP contribution in [0.3, 0.4) is 0 Å². The minimum atomic E-state index is -0.403. The lowest BCUT2D eigenvalue weighted by atomic mass is 10.1. The molecule has 0 aliphatic heterocycles. The van der Waals surface area contributed by atoms with Crippen molar-refractivity contribution in [1.82, 2.24) is 9.97 Å². The van der Waals surface area contributed by atoms with E-state index in [1.165, 1.54) is 0 Å². The smallest absolute Gasteiger partial charge is 0.332 e. The Bertz CT molecular complexity index is 490. The van der Waals surface area contributed by atoms with Crippen LogP contribution in [0.25, 0.3) is 0 Å². The second-order valence-electron chi connectivity index (χ2n) is 5.59. The fourth-order valence-corrected chi connectivity index (χ4v) is 1.91. The zero-order valence-electron chi connectivity index (χ0n) is 13.5. The summed E-state index contributed by atoms with van der Waals surface area (Å²) in [4.78, 5) is 21.2. The van der Waals surface area contributed by atoms with Gasteiger partial charge in [-0.15, -0.1) is 0 Å². The molecule has 0 aromatic carbocycles. The van der Waals surface area contributed by atoms with Crippen LogP contribution in [-0.2, 0) is 0 Å². The first-order valence-electron chi connectivity index (χ1n) is 7.34. The van der Waals surface area contributed by atoms with Gasteiger partial charge < -0.3 is 10.2 Å². The van der Waals surface area contributed by atoms with Crippen molar-refractivity contribution < 1.29 is 4.92 Å². The molecule has 1 rings (SSSR count). The lowest BCUT2D eigenvalue weighted by Crippen LogP contribution is -2.23. The van der Waals surface area contributed by atoms with E-state index in [0.29, 0.717) is 23.4 Å². The fraction of sp³-hybridized carbons (Fsp3) is 0.714. The van der Waals surface area contributed by atoms with Crippen LogP contribution in [0.2, 0.25) is 0 Å². The topological polar surface area (TPSA) is 84.2 Å². The van der Waals surface area contributed by atoms with E-state index < -0.39 is 4.92 Å². The minimum absolute atomic E-state index is 0.0108. The van der Waals surface area contributed by atoms with Gasteiger partial charge in [0.2, 0.25) is 11.8 Å². The van der Waals surface area contributed by atoms with E-state index >= 15 is 0 Å². The quantitative estimate of drug-likeness (QED) is 0.586. The number of anilines is 2. The van der Waals surface area contributed by atoms with Crippen LogP contribution >= 0.6 is 0 Å². The zero-order chi connectivity index (χ0) is 16.0. The molecular weight excluding hydrogens is 270 g/mol. The van der Waals surface area contributed by atoms with Gasteiger partial charge in [0.05, 0.1) is 4.92 Å². The molecule has 0 saturated carbocycles. The summed E-state index contributed by atoms with van der Waals surface area (Å²) in [5, 5.41) is 14.4. The predicted molar refractivity (Wildman–Crippen MR) is 84.9 cm³/mol. The minimum Gasteiger partial charge on any atom is -0.354 e. The SMILES string of the molecule is CCCNc1nc(C)c([N+](=O)[O-])c(N(C)CCC(C)C)n1. The summed E-state index contributed by atoms with van der Waals surface area (Å²) in [6.45, 7) is 9.41. The molecule has 0 aliphatic carbocycles. The number of aryl methyl sites for hydroxylation is 1. The highest BCUT2D eigenvalue weighted by Gasteiger charge is 2.24. The molecule has 0 radical (unpaired) electrons. The third-order valence-corrected chi connectivity index (χ3v) is 3.16. The van der Waals surface area contributed by atoms with Crippen LogP contribution in [0.5, 0.6) is 0 Å². The summed E-state index contributed by atoms with van der Waals surface area (Å²) < 4.78 is 0. The molecule has 7 heteroatoms. The van der Waals surface area contributed by atoms with Crippen LogP contribution < -0.4 is 10.2 Å². The Kier molecular flexibility index (Phi) is 6.33. The average Bonchev–Trinajstić information content (AvgIpc) is 2.41. The summed E-state index contributed by atoms with van der Waals surface area (Å²) in [5.74, 6) is 1.37. The van der Waals surface area contributed by atoms with E-state index in [4.69, 9.17) is 0 Å². The molecule has 7 nitrogen and oxygen atoms in total. The van der Waals surface area contributed by atoms with Crippen molar-refractivity contribution in [2.45, 2.75) is 40.5 Å². The molecule has 1 aromatic rings. The van der Waals surface area contributed by atoms with Crippen molar-refractivity contribution in [2.24, 2.45) is 5.92 Å². The highest BCUT2D eigenvalue weighted by atomic mass is 16.6. The van der Waals surface area contributed by atoms with Crippen molar-refractivity contribution in [1.29, 1.82) is 0 Å². The molecule has 0 atom stereocenters. The normalized spacial score (nSPS) is 10.8. The van der Waals surface area contributed by atoms with Gasteiger partial charge in [0.25, 0.3) is 0 Å². The van der Waals surface area contributed by atoms with Gasteiger partial charge in [0, 0.05) is 20.1 Å². The van der Waals surface area contributed by atoms with Crippen LogP contribution in [0.1, 0.15) is 39.3 Å². The second kappa shape index (κ2) is 7.75. The molecule has 0 fully saturated rings. The highest BCUT2D eigenvalue weighted by molar-refractivity contribution is 5.62. The van der Waals surface area contributed by atoms with Gasteiger partial charge >= 0.3 is 5.69 Å². The monoisotopic (exact) mass is 295 g/mol. The van der Waals surface area contributed by atoms with Gasteiger partial charge in [0.1, 0.15) is 5.69 Å². The van der Waals surface area contributed by atoms with Crippen molar-refractivity contribution >= 4 is 17.5 Å². The number of rotatable bonds is 8. The first-order valence-corrected chi connectivity index (χ1v) is 7.34. The second-order valence-corrected chi connectivity index (χ2v) is 5.59. The van der Waals surface area contributed by atoms with Gasteiger partial charge in [-0.2, -0.15) is 4.98 Å². The largest absolute Gasteiger partial charge is 0.354 e. The Hall–Kier alpha value is -1.92. The summed E-state index contributed by atoms with van der Waals surface area (Å²) in [5.41, 5.74) is 0.378. The summed E-state index contributed by atoms with van der Waals surface area (Å²) in [7, 11) is 1.83. The Morgan fingerprint density at radius 2 is 2.05 bits per heavy atom. The lowest BCUT2D eigenvalue weighted by molar-refractivity contribution is -0.385. The standard InChI is InChI=1S/C14H25N5O2/c1-6-8-15-14-16-11(4)12(19(20)21)13(17-14)18(5)9-7-10(2)3/h10H,6-9H2,1-5H3,(H,15,16,17). The van der Waals surface area contributed by atoms with E-state index in [-0.39, 0.29) is 5.69 Å². The lowest BCUT2D eigenvalue weighted by Gasteiger charge is -2.20. The van der Waals surface area contributed by atoms with E-state index in [1.807, 2.05) is 18.9 Å². The molecule has 0 spiro atoms. The molecule has 118 valence electrons. The van der Waals surface area contributed by atoms with E-state index in [9.17, 15) is 10.1 Å². The third-order valence-electron chi connectivity index (χ3n) is 3.16. The molecule has 0 bridgehead atoms. The first-order chi connectivity index (χ1) is 9.86. The Balaban J connectivity index is 3.11. The highest BCUT2D eigenvalue weighted by Crippen LogP contribution is 2.29. The molecule has 21 heavy (non-hydrogen) atoms. The van der Waals surface area contributed by atoms with Crippen molar-refractivity contribution in [3.63, 3.8) is 0 Å². The van der Waals surface area contributed by atoms with Crippen LogP contribution in [-0.4, -0.2) is 35.0 Å². The summed E-state index contributed by atoms with van der Waals surface area (Å²) >= 11 is 0. The number of hydrogen-bond acceptors (Lipinski definition) is 6. The van der Waals surface area contributed by atoms with Crippen LogP contribution in [0, 0.1) is 23.0 Å². The molecule has 0 amide bonds. The average molecular weight is 295 g/mol. The molecule has 0 aliphatic rings. The van der Waals surface area contributed by atoms with Gasteiger partial charge in [-0.1, -0.05) is 20.8 Å². The number of hydrogen-bond donors (Lipinski definition) is 1. The van der Waals surface area contributed by atoms with Crippen LogP contribution in [0.4, 0.5) is 17.5 Å². The van der Waals surface area contributed by atoms with Gasteiger partial charge in [-0.25, -0.2) is 4.98 Å². The predicted octanol–water partition coefficient (Wildman–Crippen LogP) is 3.00. The number of nitro groups is 1. The van der Waals surface area contributed by atoms with E-state index in [2.05, 4.69) is 29.1 Å². The fourth-order valence-electron chi connectivity index (χ4n) is 1.91. The molecule has 1 N–H and O–H groups in total. The first kappa shape index (κ1) is 17.1. The Labute approximate surface area is 125 Å². The Morgan fingerprint density at radius 3 is 2.57 bits per heavy atom. The maximum atomic E-state index is 11.3. The third kappa shape index (κ3) is 4.84. The van der Waals surface area contributed by atoms with Gasteiger partial charge in [0.15, 0.2) is 0 Å². The molecule has 1 aromatic heterocycles. The Morgan fingerprint density at radius 1 is 1.38 bits per heavy atom. The number of nitrogens with one attached hydrogen (secondary N) is 1. The van der Waals surface area contributed by atoms with Crippen molar-refractivity contribution in [3.8, 4) is 0 Å². The molecule has 1 heterocycles. The van der Waals surface area contributed by atoms with Gasteiger partial charge in [-0.3, -0.25) is 10.1 Å².